The van der Waals surface area contributed by atoms with Crippen LogP contribution in [0.15, 0.2) is 24.3 Å². The maximum absolute atomic E-state index is 12.9. The third-order valence-electron chi connectivity index (χ3n) is 5.54. The lowest BCUT2D eigenvalue weighted by Crippen LogP contribution is -2.54. The van der Waals surface area contributed by atoms with Gasteiger partial charge >= 0.3 is 0 Å². The van der Waals surface area contributed by atoms with Crippen LogP contribution in [-0.2, 0) is 9.59 Å². The topological polar surface area (TPSA) is 83.1 Å². The number of hydrazine groups is 1. The first kappa shape index (κ1) is 16.4. The number of likely N-dealkylation sites (tertiary alicyclic amines) is 1. The van der Waals surface area contributed by atoms with Crippen LogP contribution in [0, 0.1) is 5.92 Å². The number of benzene rings is 1. The Labute approximate surface area is 157 Å². The van der Waals surface area contributed by atoms with Crippen molar-refractivity contribution in [3.63, 3.8) is 0 Å². The number of fused-ring (bicyclic) bond motifs is 2. The smallest absolute Gasteiger partial charge is 0.264 e. The Balaban J connectivity index is 1.40. The number of nitrogens with zero attached hydrogens (tertiary/aromatic N) is 2. The standard InChI is InChI=1S/C19H22N4O4/c24-17-10-14(12-3-4-15-16(9-12)27-8-7-26-15)21-18-13(11-20-23(17)18)19(25)22-5-1-2-6-22/h3-4,9-10,13,18,20-21H,1-2,5-8,11H2. The predicted molar refractivity (Wildman–Crippen MR) is 96.5 cm³/mol. The Hall–Kier alpha value is -2.74. The molecule has 4 aliphatic heterocycles. The molecule has 0 radical (unpaired) electrons. The number of ether oxygens (including phenoxy) is 2. The summed E-state index contributed by atoms with van der Waals surface area (Å²) in [6.07, 6.45) is 3.26. The quantitative estimate of drug-likeness (QED) is 0.780. The van der Waals surface area contributed by atoms with Crippen molar-refractivity contribution < 1.29 is 19.1 Å². The molecule has 0 aliphatic carbocycles. The second-order valence-corrected chi connectivity index (χ2v) is 7.21. The van der Waals surface area contributed by atoms with E-state index in [0.717, 1.165) is 31.5 Å². The van der Waals surface area contributed by atoms with E-state index in [1.165, 1.54) is 5.01 Å². The lowest BCUT2D eigenvalue weighted by Gasteiger charge is -2.33. The van der Waals surface area contributed by atoms with Crippen molar-refractivity contribution in [1.29, 1.82) is 0 Å². The molecule has 8 nitrogen and oxygen atoms in total. The van der Waals surface area contributed by atoms with Gasteiger partial charge in [-0.1, -0.05) is 0 Å². The number of hydrogen-bond acceptors (Lipinski definition) is 6. The zero-order chi connectivity index (χ0) is 18.4. The zero-order valence-electron chi connectivity index (χ0n) is 14.9. The summed E-state index contributed by atoms with van der Waals surface area (Å²) >= 11 is 0. The van der Waals surface area contributed by atoms with Gasteiger partial charge in [0, 0.05) is 37.0 Å². The highest BCUT2D eigenvalue weighted by atomic mass is 16.6. The molecule has 1 aromatic carbocycles. The fraction of sp³-hybridized carbons (Fsp3) is 0.474. The number of rotatable bonds is 2. The maximum Gasteiger partial charge on any atom is 0.264 e. The van der Waals surface area contributed by atoms with Crippen LogP contribution in [0.25, 0.3) is 5.70 Å². The highest BCUT2D eigenvalue weighted by Crippen LogP contribution is 2.34. The first-order valence-corrected chi connectivity index (χ1v) is 9.44. The van der Waals surface area contributed by atoms with E-state index in [9.17, 15) is 9.59 Å². The molecule has 2 N–H and O–H groups in total. The van der Waals surface area contributed by atoms with E-state index in [2.05, 4.69) is 10.7 Å². The van der Waals surface area contributed by atoms with Gasteiger partial charge in [-0.3, -0.25) is 14.6 Å². The van der Waals surface area contributed by atoms with E-state index in [4.69, 9.17) is 9.47 Å². The molecule has 2 amide bonds. The SMILES string of the molecule is O=C(C1CNN2C(=O)C=C(c3ccc4c(c3)OCCO4)NC12)N1CCCC1. The van der Waals surface area contributed by atoms with E-state index in [0.29, 0.717) is 37.0 Å². The molecule has 1 aromatic rings. The highest BCUT2D eigenvalue weighted by Gasteiger charge is 2.45. The van der Waals surface area contributed by atoms with Crippen molar-refractivity contribution in [2.75, 3.05) is 32.8 Å². The number of hydrogen-bond donors (Lipinski definition) is 2. The van der Waals surface area contributed by atoms with Gasteiger partial charge in [0.2, 0.25) is 5.91 Å². The summed E-state index contributed by atoms with van der Waals surface area (Å²) < 4.78 is 11.2. The largest absolute Gasteiger partial charge is 0.486 e. The highest BCUT2D eigenvalue weighted by molar-refractivity contribution is 5.97. The van der Waals surface area contributed by atoms with Crippen LogP contribution >= 0.6 is 0 Å². The van der Waals surface area contributed by atoms with Crippen molar-refractivity contribution in [3.05, 3.63) is 29.8 Å². The predicted octanol–water partition coefficient (Wildman–Crippen LogP) is 0.313. The van der Waals surface area contributed by atoms with Crippen molar-refractivity contribution in [2.24, 2.45) is 5.92 Å². The lowest BCUT2D eigenvalue weighted by molar-refractivity contribution is -0.137. The van der Waals surface area contributed by atoms with Gasteiger partial charge in [-0.05, 0) is 31.0 Å². The number of amides is 2. The molecule has 4 heterocycles. The third kappa shape index (κ3) is 2.80. The van der Waals surface area contributed by atoms with Gasteiger partial charge in [-0.2, -0.15) is 0 Å². The minimum Gasteiger partial charge on any atom is -0.486 e. The Kier molecular flexibility index (Phi) is 3.93. The summed E-state index contributed by atoms with van der Waals surface area (Å²) in [6, 6.07) is 5.62. The molecule has 4 aliphatic rings. The van der Waals surface area contributed by atoms with Gasteiger partial charge in [0.1, 0.15) is 19.4 Å². The molecule has 2 atom stereocenters. The second kappa shape index (κ2) is 6.45. The lowest BCUT2D eigenvalue weighted by atomic mass is 10.0. The van der Waals surface area contributed by atoms with E-state index in [1.54, 1.807) is 6.08 Å². The van der Waals surface area contributed by atoms with Crippen molar-refractivity contribution >= 4 is 17.5 Å². The van der Waals surface area contributed by atoms with Crippen LogP contribution in [-0.4, -0.2) is 60.7 Å². The monoisotopic (exact) mass is 370 g/mol. The van der Waals surface area contributed by atoms with Crippen molar-refractivity contribution in [2.45, 2.75) is 19.0 Å². The van der Waals surface area contributed by atoms with Crippen LogP contribution in [0.3, 0.4) is 0 Å². The molecule has 2 fully saturated rings. The molecular weight excluding hydrogens is 348 g/mol. The summed E-state index contributed by atoms with van der Waals surface area (Å²) in [5, 5.41) is 4.91. The normalized spacial score (nSPS) is 26.5. The molecule has 0 bridgehead atoms. The molecule has 0 spiro atoms. The first-order valence-electron chi connectivity index (χ1n) is 9.44. The molecule has 142 valence electrons. The van der Waals surface area contributed by atoms with Gasteiger partial charge < -0.3 is 19.7 Å². The molecule has 8 heteroatoms. The molecule has 0 saturated carbocycles. The Bertz CT molecular complexity index is 818. The van der Waals surface area contributed by atoms with Crippen LogP contribution in [0.1, 0.15) is 18.4 Å². The number of nitrogens with one attached hydrogen (secondary N) is 2. The van der Waals surface area contributed by atoms with Gasteiger partial charge in [0.25, 0.3) is 5.91 Å². The van der Waals surface area contributed by atoms with Crippen molar-refractivity contribution in [3.8, 4) is 11.5 Å². The Morgan fingerprint density at radius 3 is 2.70 bits per heavy atom. The van der Waals surface area contributed by atoms with Crippen LogP contribution in [0.2, 0.25) is 0 Å². The van der Waals surface area contributed by atoms with Crippen LogP contribution in [0.4, 0.5) is 0 Å². The van der Waals surface area contributed by atoms with E-state index in [-0.39, 0.29) is 23.9 Å². The van der Waals surface area contributed by atoms with Gasteiger partial charge in [-0.25, -0.2) is 5.43 Å². The summed E-state index contributed by atoms with van der Waals surface area (Å²) in [5.41, 5.74) is 4.60. The van der Waals surface area contributed by atoms with Crippen molar-refractivity contribution in [1.82, 2.24) is 20.7 Å². The molecule has 0 aromatic heterocycles. The van der Waals surface area contributed by atoms with Gasteiger partial charge in [0.15, 0.2) is 11.5 Å². The van der Waals surface area contributed by atoms with Gasteiger partial charge in [0.05, 0.1) is 5.92 Å². The molecular formula is C19H22N4O4. The summed E-state index contributed by atoms with van der Waals surface area (Å²) in [7, 11) is 0. The molecule has 5 rings (SSSR count). The van der Waals surface area contributed by atoms with Crippen LogP contribution in [0.5, 0.6) is 11.5 Å². The second-order valence-electron chi connectivity index (χ2n) is 7.21. The number of carbonyl (C=O) groups is 2. The summed E-state index contributed by atoms with van der Waals surface area (Å²) in [4.78, 5) is 27.4. The minimum atomic E-state index is -0.390. The number of carbonyl (C=O) groups excluding carboxylic acids is 2. The van der Waals surface area contributed by atoms with E-state index >= 15 is 0 Å². The summed E-state index contributed by atoms with van der Waals surface area (Å²) in [5.74, 6) is 1.04. The summed E-state index contributed by atoms with van der Waals surface area (Å²) in [6.45, 7) is 3.12. The molecule has 27 heavy (non-hydrogen) atoms. The van der Waals surface area contributed by atoms with E-state index < -0.39 is 0 Å². The van der Waals surface area contributed by atoms with Gasteiger partial charge in [-0.15, -0.1) is 0 Å². The molecule has 2 saturated heterocycles. The Morgan fingerprint density at radius 1 is 1.11 bits per heavy atom. The molecule has 2 unspecified atom stereocenters. The zero-order valence-corrected chi connectivity index (χ0v) is 14.9. The van der Waals surface area contributed by atoms with E-state index in [1.807, 2.05) is 23.1 Å². The fourth-order valence-electron chi connectivity index (χ4n) is 4.13. The maximum atomic E-state index is 12.9. The third-order valence-corrected chi connectivity index (χ3v) is 5.54. The fourth-order valence-corrected chi connectivity index (χ4v) is 4.13. The minimum absolute atomic E-state index is 0.108. The Morgan fingerprint density at radius 2 is 1.89 bits per heavy atom. The van der Waals surface area contributed by atoms with Crippen LogP contribution < -0.4 is 20.2 Å². The average molecular weight is 370 g/mol. The average Bonchev–Trinajstić information content (AvgIpc) is 3.37. The first-order chi connectivity index (χ1) is 13.2.